The molecule has 3 rings (SSSR count). The van der Waals surface area contributed by atoms with E-state index in [4.69, 9.17) is 4.74 Å². The maximum absolute atomic E-state index is 11.0. The lowest BCUT2D eigenvalue weighted by atomic mass is 10.1. The van der Waals surface area contributed by atoms with Crippen molar-refractivity contribution in [2.24, 2.45) is 0 Å². The van der Waals surface area contributed by atoms with E-state index < -0.39 is 4.92 Å². The zero-order chi connectivity index (χ0) is 14.7. The third kappa shape index (κ3) is 3.28. The topological polar surface area (TPSA) is 77.3 Å². The first-order valence-electron chi connectivity index (χ1n) is 7.14. The molecule has 0 spiro atoms. The SMILES string of the molecule is O=[N+]([O-])c1ccc(OCCCNC2CC2)c2ncccc12. The normalized spacial score (nSPS) is 14.3. The summed E-state index contributed by atoms with van der Waals surface area (Å²) in [5.74, 6) is 0.600. The van der Waals surface area contributed by atoms with Gasteiger partial charge in [-0.1, -0.05) is 0 Å². The zero-order valence-corrected chi connectivity index (χ0v) is 11.6. The molecule has 1 heterocycles. The summed E-state index contributed by atoms with van der Waals surface area (Å²) in [4.78, 5) is 14.8. The fourth-order valence-corrected chi connectivity index (χ4v) is 2.26. The molecule has 21 heavy (non-hydrogen) atoms. The van der Waals surface area contributed by atoms with Gasteiger partial charge in [0.05, 0.1) is 16.9 Å². The van der Waals surface area contributed by atoms with Gasteiger partial charge >= 0.3 is 0 Å². The van der Waals surface area contributed by atoms with Crippen LogP contribution in [0.2, 0.25) is 0 Å². The summed E-state index contributed by atoms with van der Waals surface area (Å²) in [5.41, 5.74) is 0.600. The van der Waals surface area contributed by atoms with Crippen molar-refractivity contribution in [1.29, 1.82) is 0 Å². The number of nitrogens with zero attached hydrogens (tertiary/aromatic N) is 2. The van der Waals surface area contributed by atoms with Crippen LogP contribution in [0.4, 0.5) is 5.69 Å². The average Bonchev–Trinajstić information content (AvgIpc) is 3.30. The Bertz CT molecular complexity index is 656. The van der Waals surface area contributed by atoms with Gasteiger partial charge in [-0.2, -0.15) is 0 Å². The third-order valence-electron chi connectivity index (χ3n) is 3.50. The Balaban J connectivity index is 1.69. The van der Waals surface area contributed by atoms with Gasteiger partial charge in [-0.3, -0.25) is 15.1 Å². The molecule has 6 heteroatoms. The minimum Gasteiger partial charge on any atom is -0.491 e. The van der Waals surface area contributed by atoms with E-state index in [0.29, 0.717) is 29.3 Å². The average molecular weight is 287 g/mol. The summed E-state index contributed by atoms with van der Waals surface area (Å²) < 4.78 is 5.73. The molecule has 2 aromatic rings. The van der Waals surface area contributed by atoms with Crippen LogP contribution in [-0.2, 0) is 0 Å². The van der Waals surface area contributed by atoms with Crippen molar-refractivity contribution in [3.05, 3.63) is 40.6 Å². The van der Waals surface area contributed by atoms with E-state index in [1.54, 1.807) is 24.4 Å². The summed E-state index contributed by atoms with van der Waals surface area (Å²) in [6.45, 7) is 1.51. The number of hydrogen-bond acceptors (Lipinski definition) is 5. The van der Waals surface area contributed by atoms with Gasteiger partial charge in [0.2, 0.25) is 0 Å². The predicted octanol–water partition coefficient (Wildman–Crippen LogP) is 2.66. The molecule has 0 saturated heterocycles. The number of nitro benzene ring substituents is 1. The predicted molar refractivity (Wildman–Crippen MR) is 79.5 cm³/mol. The molecule has 0 unspecified atom stereocenters. The number of benzene rings is 1. The first-order chi connectivity index (χ1) is 10.3. The second-order valence-corrected chi connectivity index (χ2v) is 5.17. The second-order valence-electron chi connectivity index (χ2n) is 5.17. The van der Waals surface area contributed by atoms with E-state index in [1.165, 1.54) is 18.9 Å². The fourth-order valence-electron chi connectivity index (χ4n) is 2.26. The van der Waals surface area contributed by atoms with Crippen LogP contribution < -0.4 is 10.1 Å². The van der Waals surface area contributed by atoms with Crippen molar-refractivity contribution in [2.75, 3.05) is 13.2 Å². The first kappa shape index (κ1) is 13.8. The maximum atomic E-state index is 11.0. The number of pyridine rings is 1. The Hall–Kier alpha value is -2.21. The molecule has 1 saturated carbocycles. The molecule has 0 amide bonds. The lowest BCUT2D eigenvalue weighted by Gasteiger charge is -2.09. The Kier molecular flexibility index (Phi) is 3.96. The minimum atomic E-state index is -0.395. The number of ether oxygens (including phenoxy) is 1. The molecule has 0 bridgehead atoms. The van der Waals surface area contributed by atoms with Crippen LogP contribution in [0.1, 0.15) is 19.3 Å². The lowest BCUT2D eigenvalue weighted by molar-refractivity contribution is -0.383. The molecule has 1 fully saturated rings. The van der Waals surface area contributed by atoms with E-state index in [1.807, 2.05) is 0 Å². The highest BCUT2D eigenvalue weighted by Crippen LogP contribution is 2.31. The van der Waals surface area contributed by atoms with Crippen molar-refractivity contribution < 1.29 is 9.66 Å². The second kappa shape index (κ2) is 6.05. The standard InChI is InChI=1S/C15H17N3O3/c19-18(20)13-6-7-14(15-12(13)3-1-8-17-15)21-10-2-9-16-11-4-5-11/h1,3,6-8,11,16H,2,4-5,9-10H2. The quantitative estimate of drug-likeness (QED) is 0.481. The number of hydrogen-bond donors (Lipinski definition) is 1. The van der Waals surface area contributed by atoms with E-state index in [9.17, 15) is 10.1 Å². The molecular weight excluding hydrogens is 270 g/mol. The number of aromatic nitrogens is 1. The van der Waals surface area contributed by atoms with Crippen LogP contribution in [0.3, 0.4) is 0 Å². The van der Waals surface area contributed by atoms with Gasteiger partial charge in [-0.15, -0.1) is 0 Å². The van der Waals surface area contributed by atoms with Gasteiger partial charge in [0, 0.05) is 18.3 Å². The van der Waals surface area contributed by atoms with Gasteiger partial charge in [0.15, 0.2) is 0 Å². The van der Waals surface area contributed by atoms with Gasteiger partial charge in [-0.25, -0.2) is 0 Å². The van der Waals surface area contributed by atoms with Crippen LogP contribution in [-0.4, -0.2) is 29.1 Å². The first-order valence-corrected chi connectivity index (χ1v) is 7.14. The molecule has 1 N–H and O–H groups in total. The molecule has 0 radical (unpaired) electrons. The van der Waals surface area contributed by atoms with E-state index in [-0.39, 0.29) is 5.69 Å². The van der Waals surface area contributed by atoms with E-state index in [2.05, 4.69) is 10.3 Å². The Labute approximate surface area is 122 Å². The summed E-state index contributed by atoms with van der Waals surface area (Å²) in [6, 6.07) is 7.19. The van der Waals surface area contributed by atoms with Crippen molar-refractivity contribution >= 4 is 16.6 Å². The molecule has 0 aliphatic heterocycles. The Morgan fingerprint density at radius 2 is 2.24 bits per heavy atom. The van der Waals surface area contributed by atoms with Gasteiger partial charge in [-0.05, 0) is 44.0 Å². The van der Waals surface area contributed by atoms with Crippen LogP contribution in [0, 0.1) is 10.1 Å². The Morgan fingerprint density at radius 3 is 3.00 bits per heavy atom. The summed E-state index contributed by atoms with van der Waals surface area (Å²) in [6.07, 6.45) is 5.07. The summed E-state index contributed by atoms with van der Waals surface area (Å²) in [7, 11) is 0. The van der Waals surface area contributed by atoms with Crippen molar-refractivity contribution in [3.8, 4) is 5.75 Å². The lowest BCUT2D eigenvalue weighted by Crippen LogP contribution is -2.19. The number of non-ortho nitro benzene ring substituents is 1. The van der Waals surface area contributed by atoms with Crippen LogP contribution in [0.15, 0.2) is 30.5 Å². The number of nitrogens with one attached hydrogen (secondary N) is 1. The third-order valence-corrected chi connectivity index (χ3v) is 3.50. The van der Waals surface area contributed by atoms with Crippen molar-refractivity contribution in [1.82, 2.24) is 10.3 Å². The largest absolute Gasteiger partial charge is 0.491 e. The monoisotopic (exact) mass is 287 g/mol. The van der Waals surface area contributed by atoms with Crippen LogP contribution in [0.5, 0.6) is 5.75 Å². The number of fused-ring (bicyclic) bond motifs is 1. The molecule has 1 aromatic heterocycles. The molecule has 1 aliphatic rings. The number of rotatable bonds is 7. The highest BCUT2D eigenvalue weighted by molar-refractivity contribution is 5.92. The van der Waals surface area contributed by atoms with Crippen molar-refractivity contribution in [2.45, 2.75) is 25.3 Å². The molecular formula is C15H17N3O3. The zero-order valence-electron chi connectivity index (χ0n) is 11.6. The highest BCUT2D eigenvalue weighted by atomic mass is 16.6. The summed E-state index contributed by atoms with van der Waals surface area (Å²) >= 11 is 0. The van der Waals surface area contributed by atoms with Gasteiger partial charge in [0.1, 0.15) is 11.3 Å². The van der Waals surface area contributed by atoms with Gasteiger partial charge < -0.3 is 10.1 Å². The molecule has 110 valence electrons. The van der Waals surface area contributed by atoms with E-state index >= 15 is 0 Å². The molecule has 0 atom stereocenters. The number of nitro groups is 1. The highest BCUT2D eigenvalue weighted by Gasteiger charge is 2.19. The van der Waals surface area contributed by atoms with Crippen molar-refractivity contribution in [3.63, 3.8) is 0 Å². The molecule has 6 nitrogen and oxygen atoms in total. The Morgan fingerprint density at radius 1 is 1.38 bits per heavy atom. The summed E-state index contributed by atoms with van der Waals surface area (Å²) in [5, 5.41) is 15.0. The minimum absolute atomic E-state index is 0.0563. The smallest absolute Gasteiger partial charge is 0.279 e. The van der Waals surface area contributed by atoms with Crippen LogP contribution in [0.25, 0.3) is 10.9 Å². The van der Waals surface area contributed by atoms with Crippen LogP contribution >= 0.6 is 0 Å². The maximum Gasteiger partial charge on any atom is 0.279 e. The van der Waals surface area contributed by atoms with Gasteiger partial charge in [0.25, 0.3) is 5.69 Å². The molecule has 1 aromatic carbocycles. The van der Waals surface area contributed by atoms with E-state index in [0.717, 1.165) is 13.0 Å². The molecule has 1 aliphatic carbocycles. The fraction of sp³-hybridized carbons (Fsp3) is 0.400.